The summed E-state index contributed by atoms with van der Waals surface area (Å²) in [7, 11) is 1.70. The Kier molecular flexibility index (Phi) is 8.48. The van der Waals surface area contributed by atoms with Crippen LogP contribution in [0.1, 0.15) is 34.6 Å². The summed E-state index contributed by atoms with van der Waals surface area (Å²) in [6, 6.07) is 0. The number of morpholine rings is 1. The molecule has 1 fully saturated rings. The predicted octanol–water partition coefficient (Wildman–Crippen LogP) is 0.423. The Morgan fingerprint density at radius 1 is 1.33 bits per heavy atom. The first-order valence-corrected chi connectivity index (χ1v) is 8.79. The van der Waals surface area contributed by atoms with Crippen molar-refractivity contribution in [2.45, 2.75) is 46.3 Å². The van der Waals surface area contributed by atoms with Crippen molar-refractivity contribution in [3.63, 3.8) is 0 Å². The van der Waals surface area contributed by atoms with E-state index in [1.165, 1.54) is 0 Å². The van der Waals surface area contributed by atoms with Crippen LogP contribution in [0.5, 0.6) is 0 Å². The zero-order valence-electron chi connectivity index (χ0n) is 16.1. The number of ether oxygens (including phenoxy) is 1. The van der Waals surface area contributed by atoms with Crippen molar-refractivity contribution in [3.05, 3.63) is 0 Å². The smallest absolute Gasteiger partial charge is 0.239 e. The molecule has 0 aliphatic carbocycles. The molecule has 1 heterocycles. The van der Waals surface area contributed by atoms with Gasteiger partial charge in [0.2, 0.25) is 5.91 Å². The highest BCUT2D eigenvalue weighted by atomic mass is 16.5. The molecule has 1 atom stereocenters. The molecule has 24 heavy (non-hydrogen) atoms. The molecule has 0 aromatic carbocycles. The monoisotopic (exact) mass is 341 g/mol. The minimum absolute atomic E-state index is 0.0533. The molecular formula is C17H35N5O2. The Morgan fingerprint density at radius 2 is 2.04 bits per heavy atom. The lowest BCUT2D eigenvalue weighted by atomic mass is 10.1. The van der Waals surface area contributed by atoms with Crippen LogP contribution >= 0.6 is 0 Å². The summed E-state index contributed by atoms with van der Waals surface area (Å²) in [5.41, 5.74) is -0.231. The molecule has 0 spiro atoms. The van der Waals surface area contributed by atoms with Crippen molar-refractivity contribution in [1.29, 1.82) is 0 Å². The lowest BCUT2D eigenvalue weighted by Gasteiger charge is -2.34. The lowest BCUT2D eigenvalue weighted by molar-refractivity contribution is -0.121. The van der Waals surface area contributed by atoms with Gasteiger partial charge in [-0.1, -0.05) is 13.8 Å². The van der Waals surface area contributed by atoms with Gasteiger partial charge in [-0.15, -0.1) is 0 Å². The topological polar surface area (TPSA) is 78.0 Å². The van der Waals surface area contributed by atoms with E-state index in [-0.39, 0.29) is 24.1 Å². The molecule has 1 unspecified atom stereocenters. The second kappa shape index (κ2) is 9.84. The number of rotatable bonds is 6. The van der Waals surface area contributed by atoms with Gasteiger partial charge < -0.3 is 20.7 Å². The second-order valence-corrected chi connectivity index (χ2v) is 7.75. The number of carbonyl (C=O) groups excluding carboxylic acids is 1. The molecule has 7 nitrogen and oxygen atoms in total. The number of amides is 1. The van der Waals surface area contributed by atoms with Gasteiger partial charge in [0.25, 0.3) is 0 Å². The maximum atomic E-state index is 11.8. The number of aliphatic imine (C=N–C) groups is 1. The van der Waals surface area contributed by atoms with Crippen molar-refractivity contribution in [3.8, 4) is 0 Å². The fourth-order valence-electron chi connectivity index (χ4n) is 2.64. The van der Waals surface area contributed by atoms with E-state index in [4.69, 9.17) is 4.74 Å². The zero-order valence-corrected chi connectivity index (χ0v) is 16.1. The van der Waals surface area contributed by atoms with E-state index in [1.54, 1.807) is 7.05 Å². The van der Waals surface area contributed by atoms with E-state index in [1.807, 2.05) is 20.8 Å². The van der Waals surface area contributed by atoms with Gasteiger partial charge in [-0.25, -0.2) is 0 Å². The van der Waals surface area contributed by atoms with Crippen molar-refractivity contribution in [2.24, 2.45) is 10.9 Å². The van der Waals surface area contributed by atoms with Crippen LogP contribution in [0, 0.1) is 5.92 Å². The molecule has 1 amide bonds. The first kappa shape index (κ1) is 20.7. The van der Waals surface area contributed by atoms with Gasteiger partial charge in [-0.3, -0.25) is 14.7 Å². The van der Waals surface area contributed by atoms with Crippen LogP contribution in [0.3, 0.4) is 0 Å². The first-order valence-electron chi connectivity index (χ1n) is 8.79. The molecule has 0 radical (unpaired) electrons. The maximum Gasteiger partial charge on any atom is 0.239 e. The second-order valence-electron chi connectivity index (χ2n) is 7.75. The molecule has 1 aliphatic rings. The molecular weight excluding hydrogens is 306 g/mol. The maximum absolute atomic E-state index is 11.8. The highest BCUT2D eigenvalue weighted by Crippen LogP contribution is 2.07. The first-order chi connectivity index (χ1) is 11.2. The predicted molar refractivity (Wildman–Crippen MR) is 98.3 cm³/mol. The lowest BCUT2D eigenvalue weighted by Crippen LogP contribution is -2.51. The van der Waals surface area contributed by atoms with Crippen molar-refractivity contribution in [1.82, 2.24) is 20.9 Å². The summed E-state index contributed by atoms with van der Waals surface area (Å²) < 4.78 is 5.81. The summed E-state index contributed by atoms with van der Waals surface area (Å²) in [4.78, 5) is 18.4. The number of nitrogens with zero attached hydrogens (tertiary/aromatic N) is 2. The Morgan fingerprint density at radius 3 is 2.62 bits per heavy atom. The average molecular weight is 342 g/mol. The minimum Gasteiger partial charge on any atom is -0.374 e. The summed E-state index contributed by atoms with van der Waals surface area (Å²) in [5.74, 6) is 1.22. The third-order valence-corrected chi connectivity index (χ3v) is 3.50. The molecule has 0 saturated carbocycles. The third-order valence-electron chi connectivity index (χ3n) is 3.50. The Balaban J connectivity index is 2.32. The molecule has 0 bridgehead atoms. The number of guanidine groups is 1. The number of carbonyl (C=O) groups is 1. The Hall–Kier alpha value is -1.34. The summed E-state index contributed by atoms with van der Waals surface area (Å²) >= 11 is 0. The molecule has 7 heteroatoms. The Bertz CT molecular complexity index is 418. The van der Waals surface area contributed by atoms with Gasteiger partial charge in [0.1, 0.15) is 0 Å². The van der Waals surface area contributed by atoms with E-state index >= 15 is 0 Å². The molecule has 3 N–H and O–H groups in total. The number of nitrogens with one attached hydrogen (secondary N) is 3. The van der Waals surface area contributed by atoms with Crippen molar-refractivity contribution >= 4 is 11.9 Å². The van der Waals surface area contributed by atoms with Gasteiger partial charge in [0.05, 0.1) is 19.3 Å². The third kappa shape index (κ3) is 9.08. The molecule has 1 rings (SSSR count). The Labute approximate surface area is 146 Å². The molecule has 0 aromatic heterocycles. The summed E-state index contributed by atoms with van der Waals surface area (Å²) in [6.45, 7) is 15.0. The fourth-order valence-corrected chi connectivity index (χ4v) is 2.64. The quantitative estimate of drug-likeness (QED) is 0.482. The van der Waals surface area contributed by atoms with Crippen molar-refractivity contribution < 1.29 is 9.53 Å². The molecule has 1 aliphatic heterocycles. The highest BCUT2D eigenvalue weighted by molar-refractivity contribution is 5.86. The highest BCUT2D eigenvalue weighted by Gasteiger charge is 2.21. The minimum atomic E-state index is -0.231. The standard InChI is InChI=1S/C17H35N5O2/c1-13(2)11-22-7-8-24-14(12-22)9-19-16(18-6)20-10-15(23)21-17(3,4)5/h13-14H,7-12H2,1-6H3,(H,21,23)(H2,18,19,20). The number of hydrogen-bond donors (Lipinski definition) is 3. The fraction of sp³-hybridized carbons (Fsp3) is 0.882. The van der Waals surface area contributed by atoms with Crippen LogP contribution in [-0.4, -0.2) is 74.8 Å². The van der Waals surface area contributed by atoms with Gasteiger partial charge in [0.15, 0.2) is 5.96 Å². The van der Waals surface area contributed by atoms with Crippen LogP contribution < -0.4 is 16.0 Å². The van der Waals surface area contributed by atoms with Gasteiger partial charge in [0, 0.05) is 38.8 Å². The largest absolute Gasteiger partial charge is 0.374 e. The molecule has 140 valence electrons. The van der Waals surface area contributed by atoms with Crippen LogP contribution in [-0.2, 0) is 9.53 Å². The van der Waals surface area contributed by atoms with E-state index < -0.39 is 0 Å². The summed E-state index contributed by atoms with van der Waals surface area (Å²) in [6.07, 6.45) is 0.138. The van der Waals surface area contributed by atoms with Crippen molar-refractivity contribution in [2.75, 3.05) is 46.4 Å². The van der Waals surface area contributed by atoms with Gasteiger partial charge in [-0.2, -0.15) is 0 Å². The van der Waals surface area contributed by atoms with Gasteiger partial charge in [-0.05, 0) is 26.7 Å². The van der Waals surface area contributed by atoms with E-state index in [9.17, 15) is 4.79 Å². The molecule has 1 saturated heterocycles. The SMILES string of the molecule is CN=C(NCC(=O)NC(C)(C)C)NCC1CN(CC(C)C)CCO1. The molecule has 0 aromatic rings. The van der Waals surface area contributed by atoms with E-state index in [0.29, 0.717) is 18.4 Å². The van der Waals surface area contributed by atoms with Crippen LogP contribution in [0.2, 0.25) is 0 Å². The van der Waals surface area contributed by atoms with Crippen LogP contribution in [0.25, 0.3) is 0 Å². The zero-order chi connectivity index (χ0) is 18.2. The number of hydrogen-bond acceptors (Lipinski definition) is 4. The van der Waals surface area contributed by atoms with Gasteiger partial charge >= 0.3 is 0 Å². The normalized spacial score (nSPS) is 20.1. The van der Waals surface area contributed by atoms with E-state index in [0.717, 1.165) is 26.2 Å². The average Bonchev–Trinajstić information content (AvgIpc) is 2.45. The van der Waals surface area contributed by atoms with Crippen LogP contribution in [0.4, 0.5) is 0 Å². The van der Waals surface area contributed by atoms with Crippen LogP contribution in [0.15, 0.2) is 4.99 Å². The summed E-state index contributed by atoms with van der Waals surface area (Å²) in [5, 5.41) is 9.18. The van der Waals surface area contributed by atoms with E-state index in [2.05, 4.69) is 39.7 Å².